The van der Waals surface area contributed by atoms with Crippen LogP contribution in [0.15, 0.2) is 0 Å². The smallest absolute Gasteiger partial charge is 0.317 e. The summed E-state index contributed by atoms with van der Waals surface area (Å²) in [5, 5.41) is 12.0. The Labute approximate surface area is 138 Å². The van der Waals surface area contributed by atoms with Gasteiger partial charge in [0.15, 0.2) is 0 Å². The summed E-state index contributed by atoms with van der Waals surface area (Å²) >= 11 is 0. The maximum Gasteiger partial charge on any atom is 0.317 e. The Morgan fingerprint density at radius 1 is 1.26 bits per heavy atom. The molecule has 2 N–H and O–H groups in total. The van der Waals surface area contributed by atoms with E-state index in [1.165, 1.54) is 12.8 Å². The molecule has 2 fully saturated rings. The van der Waals surface area contributed by atoms with Crippen LogP contribution in [0.3, 0.4) is 0 Å². The summed E-state index contributed by atoms with van der Waals surface area (Å²) < 4.78 is 5.94. The van der Waals surface area contributed by atoms with Crippen molar-refractivity contribution in [1.82, 2.24) is 10.2 Å². The fourth-order valence-electron chi connectivity index (χ4n) is 3.57. The Bertz CT molecular complexity index is 403. The maximum absolute atomic E-state index is 12.3. The fourth-order valence-corrected chi connectivity index (χ4v) is 3.57. The van der Waals surface area contributed by atoms with Crippen molar-refractivity contribution in [3.8, 4) is 0 Å². The minimum atomic E-state index is -0.796. The Morgan fingerprint density at radius 3 is 2.43 bits per heavy atom. The van der Waals surface area contributed by atoms with Crippen molar-refractivity contribution in [3.05, 3.63) is 0 Å². The van der Waals surface area contributed by atoms with Gasteiger partial charge in [0.2, 0.25) is 5.91 Å². The minimum absolute atomic E-state index is 0.0101. The number of amides is 1. The summed E-state index contributed by atoms with van der Waals surface area (Å²) in [4.78, 5) is 25.1. The highest BCUT2D eigenvalue weighted by atomic mass is 16.5. The van der Waals surface area contributed by atoms with E-state index in [4.69, 9.17) is 9.84 Å². The molecule has 2 rings (SSSR count). The maximum atomic E-state index is 12.3. The van der Waals surface area contributed by atoms with Crippen LogP contribution in [-0.2, 0) is 14.3 Å². The van der Waals surface area contributed by atoms with Crippen LogP contribution < -0.4 is 5.32 Å². The molecule has 1 amide bonds. The van der Waals surface area contributed by atoms with Gasteiger partial charge in [0.1, 0.15) is 6.10 Å². The van der Waals surface area contributed by atoms with Crippen LogP contribution in [0.5, 0.6) is 0 Å². The lowest BCUT2D eigenvalue weighted by Gasteiger charge is -2.42. The number of nitrogens with zero attached hydrogens (tertiary/aromatic N) is 1. The van der Waals surface area contributed by atoms with Crippen LogP contribution in [0.1, 0.15) is 58.8 Å². The number of nitrogens with one attached hydrogen (secondary N) is 1. The number of hydrogen-bond acceptors (Lipinski definition) is 4. The standard InChI is InChI=1S/C17H30N2O4/c1-3-15(23-14-7-5-6-8-14)17(22)18-12-9-13(10-12)19(4-2)11-16(20)21/h12-15H,3-11H2,1-2H3,(H,18,22)(H,20,21). The molecular formula is C17H30N2O4. The lowest BCUT2D eigenvalue weighted by molar-refractivity contribution is -0.141. The van der Waals surface area contributed by atoms with E-state index < -0.39 is 5.97 Å². The van der Waals surface area contributed by atoms with Gasteiger partial charge in [-0.15, -0.1) is 0 Å². The average Bonchev–Trinajstić information content (AvgIpc) is 2.98. The van der Waals surface area contributed by atoms with E-state index in [1.807, 2.05) is 18.7 Å². The SMILES string of the molecule is CCC(OC1CCCC1)C(=O)NC1CC(N(CC)CC(=O)O)C1. The number of carboxylic acids is 1. The van der Waals surface area contributed by atoms with Gasteiger partial charge < -0.3 is 15.2 Å². The van der Waals surface area contributed by atoms with Crippen LogP contribution in [0, 0.1) is 0 Å². The zero-order valence-electron chi connectivity index (χ0n) is 14.3. The molecule has 0 aromatic heterocycles. The fraction of sp³-hybridized carbons (Fsp3) is 0.882. The average molecular weight is 326 g/mol. The highest BCUT2D eigenvalue weighted by molar-refractivity contribution is 5.81. The van der Waals surface area contributed by atoms with Crippen molar-refractivity contribution in [2.75, 3.05) is 13.1 Å². The molecule has 2 saturated carbocycles. The zero-order chi connectivity index (χ0) is 16.8. The first-order valence-electron chi connectivity index (χ1n) is 8.95. The third-order valence-corrected chi connectivity index (χ3v) is 5.04. The quantitative estimate of drug-likeness (QED) is 0.675. The number of carbonyl (C=O) groups is 2. The molecule has 6 nitrogen and oxygen atoms in total. The molecule has 1 atom stereocenters. The van der Waals surface area contributed by atoms with Gasteiger partial charge in [0, 0.05) is 12.1 Å². The van der Waals surface area contributed by atoms with Crippen LogP contribution in [0.4, 0.5) is 0 Å². The summed E-state index contributed by atoms with van der Waals surface area (Å²) in [6.07, 6.45) is 6.76. The number of hydrogen-bond donors (Lipinski definition) is 2. The van der Waals surface area contributed by atoms with Gasteiger partial charge in [-0.3, -0.25) is 14.5 Å². The first-order chi connectivity index (χ1) is 11.0. The molecule has 0 radical (unpaired) electrons. The third kappa shape index (κ3) is 5.18. The number of aliphatic carboxylic acids is 1. The number of ether oxygens (including phenoxy) is 1. The largest absolute Gasteiger partial charge is 0.480 e. The van der Waals surface area contributed by atoms with E-state index in [2.05, 4.69) is 5.32 Å². The molecule has 0 heterocycles. The second-order valence-corrected chi connectivity index (χ2v) is 6.73. The molecule has 2 aliphatic rings. The molecule has 6 heteroatoms. The van der Waals surface area contributed by atoms with Crippen molar-refractivity contribution in [2.24, 2.45) is 0 Å². The van der Waals surface area contributed by atoms with E-state index in [0.29, 0.717) is 6.42 Å². The highest BCUT2D eigenvalue weighted by Crippen LogP contribution is 2.27. The summed E-state index contributed by atoms with van der Waals surface area (Å²) in [5.41, 5.74) is 0. The van der Waals surface area contributed by atoms with Crippen LogP contribution in [0.2, 0.25) is 0 Å². The molecule has 0 aromatic rings. The molecule has 132 valence electrons. The first-order valence-corrected chi connectivity index (χ1v) is 8.95. The molecule has 1 unspecified atom stereocenters. The Balaban J connectivity index is 1.72. The monoisotopic (exact) mass is 326 g/mol. The van der Waals surface area contributed by atoms with Crippen LogP contribution in [0.25, 0.3) is 0 Å². The van der Waals surface area contributed by atoms with Crippen molar-refractivity contribution in [1.29, 1.82) is 0 Å². The molecule has 0 aromatic carbocycles. The molecule has 0 spiro atoms. The number of likely N-dealkylation sites (N-methyl/N-ethyl adjacent to an activating group) is 1. The van der Waals surface area contributed by atoms with E-state index in [0.717, 1.165) is 32.2 Å². The van der Waals surface area contributed by atoms with Gasteiger partial charge in [-0.2, -0.15) is 0 Å². The highest BCUT2D eigenvalue weighted by Gasteiger charge is 2.36. The van der Waals surface area contributed by atoms with Gasteiger partial charge in [-0.1, -0.05) is 26.7 Å². The molecule has 0 aliphatic heterocycles. The van der Waals surface area contributed by atoms with Gasteiger partial charge in [0.25, 0.3) is 0 Å². The summed E-state index contributed by atoms with van der Waals surface area (Å²) in [6.45, 7) is 4.75. The topological polar surface area (TPSA) is 78.9 Å². The predicted octanol–water partition coefficient (Wildman–Crippen LogP) is 1.78. The van der Waals surface area contributed by atoms with Crippen molar-refractivity contribution >= 4 is 11.9 Å². The number of rotatable bonds is 9. The van der Waals surface area contributed by atoms with Gasteiger partial charge in [-0.05, 0) is 38.6 Å². The van der Waals surface area contributed by atoms with Crippen molar-refractivity contribution in [3.63, 3.8) is 0 Å². The molecule has 0 bridgehead atoms. The molecule has 2 aliphatic carbocycles. The molecule has 0 saturated heterocycles. The summed E-state index contributed by atoms with van der Waals surface area (Å²) in [7, 11) is 0. The second-order valence-electron chi connectivity index (χ2n) is 6.73. The van der Waals surface area contributed by atoms with Gasteiger partial charge in [-0.25, -0.2) is 0 Å². The number of carbonyl (C=O) groups excluding carboxylic acids is 1. The van der Waals surface area contributed by atoms with Crippen molar-refractivity contribution < 1.29 is 19.4 Å². The van der Waals surface area contributed by atoms with E-state index in [9.17, 15) is 9.59 Å². The van der Waals surface area contributed by atoms with Gasteiger partial charge in [0.05, 0.1) is 12.6 Å². The molecule has 23 heavy (non-hydrogen) atoms. The first kappa shape index (κ1) is 18.2. The molecular weight excluding hydrogens is 296 g/mol. The lowest BCUT2D eigenvalue weighted by atomic mass is 9.85. The van der Waals surface area contributed by atoms with Crippen LogP contribution in [-0.4, -0.2) is 59.3 Å². The third-order valence-electron chi connectivity index (χ3n) is 5.04. The predicted molar refractivity (Wildman–Crippen MR) is 87.3 cm³/mol. The van der Waals surface area contributed by atoms with E-state index >= 15 is 0 Å². The van der Waals surface area contributed by atoms with Crippen LogP contribution >= 0.6 is 0 Å². The van der Waals surface area contributed by atoms with E-state index in [1.54, 1.807) is 0 Å². The number of carboxylic acid groups (broad SMARTS) is 1. The Morgan fingerprint density at radius 2 is 1.91 bits per heavy atom. The zero-order valence-corrected chi connectivity index (χ0v) is 14.3. The minimum Gasteiger partial charge on any atom is -0.480 e. The second kappa shape index (κ2) is 8.64. The normalized spacial score (nSPS) is 26.0. The Kier molecular flexibility index (Phi) is 6.84. The lowest BCUT2D eigenvalue weighted by Crippen LogP contribution is -2.56. The summed E-state index contributed by atoms with van der Waals surface area (Å²) in [5.74, 6) is -0.806. The summed E-state index contributed by atoms with van der Waals surface area (Å²) in [6, 6.07) is 0.411. The Hall–Kier alpha value is -1.14. The van der Waals surface area contributed by atoms with E-state index in [-0.39, 0.29) is 36.7 Å². The van der Waals surface area contributed by atoms with Gasteiger partial charge >= 0.3 is 5.97 Å². The van der Waals surface area contributed by atoms with Crippen molar-refractivity contribution in [2.45, 2.75) is 83.1 Å².